The highest BCUT2D eigenvalue weighted by Crippen LogP contribution is 2.48. The minimum absolute atomic E-state index is 0.0785. The molecule has 1 aromatic rings. The molecule has 2 aliphatic carbocycles. The number of carbonyl (C=O) groups is 2. The second-order valence-corrected chi connectivity index (χ2v) is 7.32. The van der Waals surface area contributed by atoms with Gasteiger partial charge in [-0.05, 0) is 56.1 Å². The highest BCUT2D eigenvalue weighted by Gasteiger charge is 2.44. The van der Waals surface area contributed by atoms with Crippen LogP contribution in [-0.2, 0) is 0 Å². The zero-order valence-electron chi connectivity index (χ0n) is 13.0. The number of nitrogens with zero attached hydrogens (tertiary/aromatic N) is 1. The number of hydrogen-bond donors (Lipinski definition) is 0. The van der Waals surface area contributed by atoms with Gasteiger partial charge in [0.15, 0.2) is 0 Å². The van der Waals surface area contributed by atoms with Gasteiger partial charge in [-0.2, -0.15) is 0 Å². The Morgan fingerprint density at radius 1 is 0.818 bits per heavy atom. The van der Waals surface area contributed by atoms with Crippen molar-refractivity contribution in [1.82, 2.24) is 4.90 Å². The van der Waals surface area contributed by atoms with Crippen LogP contribution in [0.25, 0.3) is 0 Å². The number of fused-ring (bicyclic) bond motifs is 1. The van der Waals surface area contributed by atoms with Crippen LogP contribution in [0.1, 0.15) is 78.5 Å². The van der Waals surface area contributed by atoms with Gasteiger partial charge in [-0.25, -0.2) is 0 Å². The molecule has 1 aromatic carbocycles. The maximum Gasteiger partial charge on any atom is 0.261 e. The fourth-order valence-electron chi connectivity index (χ4n) is 4.81. The minimum Gasteiger partial charge on any atom is -0.271 e. The van der Waals surface area contributed by atoms with Crippen molar-refractivity contribution in [3.05, 3.63) is 35.4 Å². The molecule has 3 heteroatoms. The molecule has 2 saturated carbocycles. The Kier molecular flexibility index (Phi) is 3.32. The number of carbonyl (C=O) groups excluding carboxylic acids is 2. The Balaban J connectivity index is 1.51. The van der Waals surface area contributed by atoms with Gasteiger partial charge in [0, 0.05) is 6.04 Å². The monoisotopic (exact) mass is 297 g/mol. The van der Waals surface area contributed by atoms with Gasteiger partial charge in [0.1, 0.15) is 0 Å². The van der Waals surface area contributed by atoms with E-state index in [4.69, 9.17) is 0 Å². The van der Waals surface area contributed by atoms with E-state index in [9.17, 15) is 9.59 Å². The molecule has 22 heavy (non-hydrogen) atoms. The van der Waals surface area contributed by atoms with Gasteiger partial charge in [-0.15, -0.1) is 0 Å². The molecular weight excluding hydrogens is 274 g/mol. The van der Waals surface area contributed by atoms with E-state index in [0.29, 0.717) is 16.5 Å². The lowest BCUT2D eigenvalue weighted by Gasteiger charge is -2.44. The summed E-state index contributed by atoms with van der Waals surface area (Å²) in [6, 6.07) is 7.35. The Bertz CT molecular complexity index is 571. The average Bonchev–Trinajstić information content (AvgIpc) is 2.82. The Labute approximate surface area is 131 Å². The predicted octanol–water partition coefficient (Wildman–Crippen LogP) is 4.18. The van der Waals surface area contributed by atoms with E-state index < -0.39 is 0 Å². The molecule has 3 aliphatic rings. The molecule has 2 fully saturated rings. The number of imide groups is 1. The van der Waals surface area contributed by atoms with Crippen molar-refractivity contribution in [3.63, 3.8) is 0 Å². The summed E-state index contributed by atoms with van der Waals surface area (Å²) in [5.41, 5.74) is 1.70. The standard InChI is InChI=1S/C19H23NO2/c21-17-15-6-2-3-7-16(15)18(22)20(17)14-8-12-19(13-9-14)10-4-1-5-11-19/h2-3,6-7,14H,1,4-5,8-13H2. The molecule has 0 N–H and O–H groups in total. The SMILES string of the molecule is O=C1c2ccccc2C(=O)N1C1CCC2(CCCCC2)CC1. The van der Waals surface area contributed by atoms with Crippen LogP contribution in [0.4, 0.5) is 0 Å². The summed E-state index contributed by atoms with van der Waals surface area (Å²) in [6.45, 7) is 0. The highest BCUT2D eigenvalue weighted by molar-refractivity contribution is 6.21. The maximum atomic E-state index is 12.6. The van der Waals surface area contributed by atoms with Crippen LogP contribution in [0, 0.1) is 5.41 Å². The summed E-state index contributed by atoms with van der Waals surface area (Å²) in [6.07, 6.45) is 11.1. The molecule has 0 atom stereocenters. The first-order chi connectivity index (χ1) is 10.7. The average molecular weight is 297 g/mol. The zero-order valence-corrected chi connectivity index (χ0v) is 13.0. The number of hydrogen-bond acceptors (Lipinski definition) is 2. The normalized spacial score (nSPS) is 24.8. The van der Waals surface area contributed by atoms with Gasteiger partial charge in [-0.3, -0.25) is 14.5 Å². The third kappa shape index (κ3) is 2.10. The van der Waals surface area contributed by atoms with Gasteiger partial charge in [0.2, 0.25) is 0 Å². The van der Waals surface area contributed by atoms with Gasteiger partial charge in [-0.1, -0.05) is 31.4 Å². The van der Waals surface area contributed by atoms with E-state index >= 15 is 0 Å². The van der Waals surface area contributed by atoms with Crippen molar-refractivity contribution < 1.29 is 9.59 Å². The third-order valence-electron chi connectivity index (χ3n) is 6.12. The van der Waals surface area contributed by atoms with Crippen LogP contribution in [0.5, 0.6) is 0 Å². The van der Waals surface area contributed by atoms with E-state index in [-0.39, 0.29) is 17.9 Å². The maximum absolute atomic E-state index is 12.6. The fourth-order valence-corrected chi connectivity index (χ4v) is 4.81. The van der Waals surface area contributed by atoms with Crippen LogP contribution in [-0.4, -0.2) is 22.8 Å². The van der Waals surface area contributed by atoms with Gasteiger partial charge in [0.25, 0.3) is 11.8 Å². The van der Waals surface area contributed by atoms with E-state index in [2.05, 4.69) is 0 Å². The molecule has 0 bridgehead atoms. The van der Waals surface area contributed by atoms with E-state index in [1.807, 2.05) is 12.1 Å². The zero-order chi connectivity index (χ0) is 15.2. The second kappa shape index (κ2) is 5.22. The summed E-state index contributed by atoms with van der Waals surface area (Å²) in [5.74, 6) is -0.157. The van der Waals surface area contributed by atoms with Crippen LogP contribution in [0.3, 0.4) is 0 Å². The molecule has 0 saturated heterocycles. The van der Waals surface area contributed by atoms with Crippen LogP contribution in [0.2, 0.25) is 0 Å². The predicted molar refractivity (Wildman–Crippen MR) is 84.7 cm³/mol. The van der Waals surface area contributed by atoms with Crippen molar-refractivity contribution in [1.29, 1.82) is 0 Å². The molecule has 3 nitrogen and oxygen atoms in total. The molecule has 1 aliphatic heterocycles. The van der Waals surface area contributed by atoms with Gasteiger partial charge >= 0.3 is 0 Å². The van der Waals surface area contributed by atoms with Crippen LogP contribution >= 0.6 is 0 Å². The van der Waals surface area contributed by atoms with E-state index in [1.54, 1.807) is 17.0 Å². The molecule has 4 rings (SSSR count). The quantitative estimate of drug-likeness (QED) is 0.729. The minimum atomic E-state index is -0.0785. The largest absolute Gasteiger partial charge is 0.271 e. The Hall–Kier alpha value is -1.64. The lowest BCUT2D eigenvalue weighted by Crippen LogP contribution is -2.44. The number of rotatable bonds is 1. The Morgan fingerprint density at radius 3 is 1.91 bits per heavy atom. The fraction of sp³-hybridized carbons (Fsp3) is 0.579. The topological polar surface area (TPSA) is 37.4 Å². The smallest absolute Gasteiger partial charge is 0.261 e. The van der Waals surface area contributed by atoms with Gasteiger partial charge < -0.3 is 0 Å². The highest BCUT2D eigenvalue weighted by atomic mass is 16.2. The third-order valence-corrected chi connectivity index (χ3v) is 6.12. The summed E-state index contributed by atoms with van der Waals surface area (Å²) in [4.78, 5) is 26.7. The summed E-state index contributed by atoms with van der Waals surface area (Å²) in [7, 11) is 0. The summed E-state index contributed by atoms with van der Waals surface area (Å²) >= 11 is 0. The lowest BCUT2D eigenvalue weighted by molar-refractivity contribution is 0.0406. The lowest BCUT2D eigenvalue weighted by atomic mass is 9.64. The molecule has 2 amide bonds. The summed E-state index contributed by atoms with van der Waals surface area (Å²) in [5, 5.41) is 0. The van der Waals surface area contributed by atoms with Crippen molar-refractivity contribution in [2.75, 3.05) is 0 Å². The summed E-state index contributed by atoms with van der Waals surface area (Å²) < 4.78 is 0. The second-order valence-electron chi connectivity index (χ2n) is 7.32. The van der Waals surface area contributed by atoms with Crippen LogP contribution < -0.4 is 0 Å². The van der Waals surface area contributed by atoms with Gasteiger partial charge in [0.05, 0.1) is 11.1 Å². The van der Waals surface area contributed by atoms with Crippen LogP contribution in [0.15, 0.2) is 24.3 Å². The molecule has 0 aromatic heterocycles. The molecule has 116 valence electrons. The van der Waals surface area contributed by atoms with Crippen molar-refractivity contribution >= 4 is 11.8 Å². The molecule has 1 spiro atoms. The van der Waals surface area contributed by atoms with Crippen molar-refractivity contribution in [2.45, 2.75) is 63.8 Å². The first kappa shape index (κ1) is 14.0. The first-order valence-corrected chi connectivity index (χ1v) is 8.67. The number of benzene rings is 1. The molecule has 0 radical (unpaired) electrons. The van der Waals surface area contributed by atoms with E-state index in [0.717, 1.165) is 12.8 Å². The Morgan fingerprint density at radius 2 is 1.36 bits per heavy atom. The van der Waals surface area contributed by atoms with E-state index in [1.165, 1.54) is 44.9 Å². The molecule has 1 heterocycles. The van der Waals surface area contributed by atoms with Crippen molar-refractivity contribution in [3.8, 4) is 0 Å². The molecule has 0 unspecified atom stereocenters. The first-order valence-electron chi connectivity index (χ1n) is 8.67. The molecular formula is C19H23NO2. The van der Waals surface area contributed by atoms with Crippen molar-refractivity contribution in [2.24, 2.45) is 5.41 Å². The number of amides is 2.